The van der Waals surface area contributed by atoms with Crippen molar-refractivity contribution in [2.24, 2.45) is 0 Å². The maximum atomic E-state index is 6.56. The van der Waals surface area contributed by atoms with E-state index in [1.54, 1.807) is 0 Å². The van der Waals surface area contributed by atoms with Gasteiger partial charge in [-0.2, -0.15) is 11.8 Å². The summed E-state index contributed by atoms with van der Waals surface area (Å²) in [6.45, 7) is 13.9. The van der Waals surface area contributed by atoms with Crippen molar-refractivity contribution in [3.63, 3.8) is 0 Å². The highest BCUT2D eigenvalue weighted by atomic mass is 79.9. The molecule has 0 bridgehead atoms. The van der Waals surface area contributed by atoms with Gasteiger partial charge in [-0.05, 0) is 55.3 Å². The molecule has 0 rings (SSSR count). The number of thioether (sulfide) groups is 1. The highest BCUT2D eigenvalue weighted by Gasteiger charge is 2.38. The number of hydrogen-bond acceptors (Lipinski definition) is 2. The molecule has 1 unspecified atom stereocenters. The maximum Gasteiger partial charge on any atom is 0.193 e. The Kier molecular flexibility index (Phi) is 16.7. The SMILES string of the molecule is CCCCC(C#CCCCCCCCSCCCBr)O[Si](C)(C)C(C)(C)C. The van der Waals surface area contributed by atoms with Crippen molar-refractivity contribution in [1.82, 2.24) is 0 Å². The molecule has 160 valence electrons. The van der Waals surface area contributed by atoms with Crippen LogP contribution in [-0.2, 0) is 4.43 Å². The van der Waals surface area contributed by atoms with Crippen LogP contribution in [0, 0.1) is 11.8 Å². The topological polar surface area (TPSA) is 9.23 Å². The zero-order valence-electron chi connectivity index (χ0n) is 19.0. The van der Waals surface area contributed by atoms with Gasteiger partial charge in [-0.25, -0.2) is 0 Å². The highest BCUT2D eigenvalue weighted by Crippen LogP contribution is 2.37. The Hall–Kier alpha value is 0.567. The van der Waals surface area contributed by atoms with E-state index in [0.717, 1.165) is 18.2 Å². The van der Waals surface area contributed by atoms with Gasteiger partial charge >= 0.3 is 0 Å². The summed E-state index contributed by atoms with van der Waals surface area (Å²) in [5.41, 5.74) is 0. The number of rotatable bonds is 15. The van der Waals surface area contributed by atoms with Crippen LogP contribution in [0.25, 0.3) is 0 Å². The Morgan fingerprint density at radius 1 is 0.963 bits per heavy atom. The van der Waals surface area contributed by atoms with Crippen molar-refractivity contribution in [2.45, 2.75) is 116 Å². The average molecular weight is 478 g/mol. The van der Waals surface area contributed by atoms with Gasteiger partial charge in [0.2, 0.25) is 0 Å². The molecule has 4 heteroatoms. The minimum atomic E-state index is -1.73. The van der Waals surface area contributed by atoms with E-state index in [9.17, 15) is 0 Å². The molecule has 0 aliphatic rings. The molecule has 1 nitrogen and oxygen atoms in total. The lowest BCUT2D eigenvalue weighted by atomic mass is 10.1. The van der Waals surface area contributed by atoms with E-state index in [0.29, 0.717) is 0 Å². The number of unbranched alkanes of at least 4 members (excludes halogenated alkanes) is 6. The predicted octanol–water partition coefficient (Wildman–Crippen LogP) is 8.43. The lowest BCUT2D eigenvalue weighted by Crippen LogP contribution is -2.43. The first-order valence-corrected chi connectivity index (χ1v) is 16.2. The molecule has 0 aromatic heterocycles. The predicted molar refractivity (Wildman–Crippen MR) is 133 cm³/mol. The molecule has 0 aliphatic carbocycles. The minimum absolute atomic E-state index is 0.141. The summed E-state index contributed by atoms with van der Waals surface area (Å²) in [4.78, 5) is 0. The molecule has 0 radical (unpaired) electrons. The Bertz CT molecular complexity index is 409. The monoisotopic (exact) mass is 476 g/mol. The van der Waals surface area contributed by atoms with Crippen LogP contribution >= 0.6 is 27.7 Å². The van der Waals surface area contributed by atoms with Crippen molar-refractivity contribution in [3.8, 4) is 11.8 Å². The molecule has 0 aliphatic heterocycles. The molecule has 0 heterocycles. The van der Waals surface area contributed by atoms with Gasteiger partial charge in [0.1, 0.15) is 6.10 Å². The third kappa shape index (κ3) is 15.1. The Morgan fingerprint density at radius 3 is 2.22 bits per heavy atom. The first-order valence-electron chi connectivity index (χ1n) is 11.0. The molecule has 0 saturated carbocycles. The van der Waals surface area contributed by atoms with E-state index >= 15 is 0 Å². The summed E-state index contributed by atoms with van der Waals surface area (Å²) < 4.78 is 6.56. The maximum absolute atomic E-state index is 6.56. The van der Waals surface area contributed by atoms with Crippen LogP contribution in [0.2, 0.25) is 18.1 Å². The molecular formula is C23H45BrOSSi. The van der Waals surface area contributed by atoms with Gasteiger partial charge in [-0.3, -0.25) is 0 Å². The minimum Gasteiger partial charge on any atom is -0.403 e. The van der Waals surface area contributed by atoms with Gasteiger partial charge in [0.15, 0.2) is 8.32 Å². The van der Waals surface area contributed by atoms with Crippen LogP contribution in [0.4, 0.5) is 0 Å². The van der Waals surface area contributed by atoms with Gasteiger partial charge in [-0.1, -0.05) is 81.6 Å². The van der Waals surface area contributed by atoms with Crippen LogP contribution in [0.15, 0.2) is 0 Å². The van der Waals surface area contributed by atoms with E-state index < -0.39 is 8.32 Å². The number of hydrogen-bond donors (Lipinski definition) is 0. The first kappa shape index (κ1) is 27.6. The molecule has 0 amide bonds. The van der Waals surface area contributed by atoms with Crippen LogP contribution in [-0.4, -0.2) is 31.3 Å². The van der Waals surface area contributed by atoms with Crippen LogP contribution < -0.4 is 0 Å². The summed E-state index contributed by atoms with van der Waals surface area (Å²) in [5, 5.41) is 1.40. The zero-order valence-corrected chi connectivity index (χ0v) is 22.4. The molecule has 0 spiro atoms. The molecule has 27 heavy (non-hydrogen) atoms. The molecule has 1 atom stereocenters. The second kappa shape index (κ2) is 16.4. The fourth-order valence-electron chi connectivity index (χ4n) is 2.48. The van der Waals surface area contributed by atoms with Crippen LogP contribution in [0.5, 0.6) is 0 Å². The Labute approximate surface area is 184 Å². The molecule has 0 N–H and O–H groups in total. The Morgan fingerprint density at radius 2 is 1.59 bits per heavy atom. The quantitative estimate of drug-likeness (QED) is 0.101. The van der Waals surface area contributed by atoms with E-state index in [4.69, 9.17) is 4.43 Å². The zero-order chi connectivity index (χ0) is 20.6. The number of alkyl halides is 1. The molecule has 0 aromatic rings. The van der Waals surface area contributed by atoms with E-state index in [2.05, 4.69) is 80.3 Å². The van der Waals surface area contributed by atoms with Crippen LogP contribution in [0.3, 0.4) is 0 Å². The fraction of sp³-hybridized carbons (Fsp3) is 0.913. The van der Waals surface area contributed by atoms with Crippen molar-refractivity contribution < 1.29 is 4.43 Å². The smallest absolute Gasteiger partial charge is 0.193 e. The van der Waals surface area contributed by atoms with Gasteiger partial charge in [-0.15, -0.1) is 5.92 Å². The van der Waals surface area contributed by atoms with E-state index in [1.807, 2.05) is 0 Å². The van der Waals surface area contributed by atoms with Gasteiger partial charge in [0.05, 0.1) is 0 Å². The van der Waals surface area contributed by atoms with Crippen molar-refractivity contribution in [3.05, 3.63) is 0 Å². The second-order valence-electron chi connectivity index (χ2n) is 9.00. The van der Waals surface area contributed by atoms with Gasteiger partial charge in [0.25, 0.3) is 0 Å². The van der Waals surface area contributed by atoms with Gasteiger partial charge < -0.3 is 4.43 Å². The standard InChI is InChI=1S/C23H45BrOSSi/c1-7-8-17-22(25-27(5,6)23(2,3)4)18-14-12-10-9-11-13-15-20-26-21-16-19-24/h22H,7-13,15-17,19-21H2,1-6H3. The van der Waals surface area contributed by atoms with Crippen molar-refractivity contribution in [2.75, 3.05) is 16.8 Å². The largest absolute Gasteiger partial charge is 0.403 e. The third-order valence-corrected chi connectivity index (χ3v) is 11.5. The summed E-state index contributed by atoms with van der Waals surface area (Å²) >= 11 is 5.59. The summed E-state index contributed by atoms with van der Waals surface area (Å²) in [6.07, 6.45) is 12.7. The summed E-state index contributed by atoms with van der Waals surface area (Å²) in [5.74, 6) is 9.53. The van der Waals surface area contributed by atoms with Crippen molar-refractivity contribution >= 4 is 36.0 Å². The summed E-state index contributed by atoms with van der Waals surface area (Å²) in [7, 11) is -1.73. The summed E-state index contributed by atoms with van der Waals surface area (Å²) in [6, 6.07) is 0. The normalized spacial score (nSPS) is 13.3. The van der Waals surface area contributed by atoms with E-state index in [1.165, 1.54) is 62.9 Å². The van der Waals surface area contributed by atoms with E-state index in [-0.39, 0.29) is 11.1 Å². The average Bonchev–Trinajstić information content (AvgIpc) is 2.59. The molecule has 0 fully saturated rings. The van der Waals surface area contributed by atoms with Crippen molar-refractivity contribution in [1.29, 1.82) is 0 Å². The molecule has 0 saturated heterocycles. The molecular weight excluding hydrogens is 432 g/mol. The lowest BCUT2D eigenvalue weighted by molar-refractivity contribution is 0.220. The fourth-order valence-corrected chi connectivity index (χ4v) is 5.33. The highest BCUT2D eigenvalue weighted by molar-refractivity contribution is 9.09. The third-order valence-electron chi connectivity index (χ3n) is 5.34. The molecule has 0 aromatic carbocycles. The number of halogens is 1. The van der Waals surface area contributed by atoms with Gasteiger partial charge in [0, 0.05) is 11.8 Å². The second-order valence-corrected chi connectivity index (χ2v) is 15.8. The Balaban J connectivity index is 4.03. The lowest BCUT2D eigenvalue weighted by Gasteiger charge is -2.38. The van der Waals surface area contributed by atoms with Crippen LogP contribution in [0.1, 0.15) is 91.9 Å². The first-order chi connectivity index (χ1) is 12.7.